The first kappa shape index (κ1) is 62.6. The molecule has 21 rings (SSSR count). The average molecular weight is 1410 g/mol. The summed E-state index contributed by atoms with van der Waals surface area (Å²) in [6.45, 7) is 0. The molecule has 0 unspecified atom stereocenters. The standard InChI is InChI=1S/C98H58N8S2/c1-4-16-59(17-5-1)60-34-41-69(42-35-60)95-101-94(68-21-8-3-9-22-68)104-98(106-95)84-56-100-58-88-92(84)82-54-74(48-51-86(82)108-88)90-79-26-14-12-24-77(79)89(78-25-13-15-27-80(78)90)66-39-32-63(33-40-66)61-28-30-62(31-29-61)64-36-43-70(44-37-64)96-102-93(67-19-6-2-7-20-67)103-97(105-96)83-55-99-57-87-91(83)81-53-72(47-50-85(81)107-87)71-46-49-76-73(52-71)45-38-65-18-10-11-23-75(65)76/h1-58H. The van der Waals surface area contributed by atoms with Gasteiger partial charge < -0.3 is 0 Å². The van der Waals surface area contributed by atoms with Crippen LogP contribution in [0.15, 0.2) is 352 Å². The quantitative estimate of drug-likeness (QED) is 0.0880. The van der Waals surface area contributed by atoms with E-state index in [1.807, 2.05) is 79.4 Å². The van der Waals surface area contributed by atoms with Crippen LogP contribution in [0.2, 0.25) is 0 Å². The van der Waals surface area contributed by atoms with Crippen LogP contribution in [0.4, 0.5) is 0 Å². The third-order valence-electron chi connectivity index (χ3n) is 21.0. The first-order chi connectivity index (χ1) is 53.5. The van der Waals surface area contributed by atoms with Crippen molar-refractivity contribution in [2.45, 2.75) is 0 Å². The van der Waals surface area contributed by atoms with Crippen LogP contribution in [-0.2, 0) is 0 Å². The zero-order valence-corrected chi connectivity index (χ0v) is 59.5. The Balaban J connectivity index is 0.583. The molecule has 0 amide bonds. The molecule has 0 atom stereocenters. The van der Waals surface area contributed by atoms with E-state index in [4.69, 9.17) is 39.9 Å². The Morgan fingerprint density at radius 1 is 0.176 bits per heavy atom. The minimum Gasteiger partial charge on any atom is -0.262 e. The highest BCUT2D eigenvalue weighted by Crippen LogP contribution is 2.48. The predicted molar refractivity (Wildman–Crippen MR) is 450 cm³/mol. The van der Waals surface area contributed by atoms with Gasteiger partial charge >= 0.3 is 0 Å². The Hall–Kier alpha value is -13.9. The molecule has 6 aromatic heterocycles. The summed E-state index contributed by atoms with van der Waals surface area (Å²) in [6, 6.07) is 117. The van der Waals surface area contributed by atoms with E-state index in [2.05, 4.69) is 273 Å². The molecule has 0 saturated heterocycles. The lowest BCUT2D eigenvalue weighted by Crippen LogP contribution is -2.00. The fourth-order valence-electron chi connectivity index (χ4n) is 15.7. The van der Waals surface area contributed by atoms with E-state index in [0.717, 1.165) is 119 Å². The Kier molecular flexibility index (Phi) is 15.1. The average Bonchev–Trinajstić information content (AvgIpc) is 1.25. The minimum atomic E-state index is 0.573. The highest BCUT2D eigenvalue weighted by molar-refractivity contribution is 7.26. The first-order valence-electron chi connectivity index (χ1n) is 36.1. The highest BCUT2D eigenvalue weighted by Gasteiger charge is 2.24. The second-order valence-electron chi connectivity index (χ2n) is 27.3. The molecule has 0 N–H and O–H groups in total. The van der Waals surface area contributed by atoms with Gasteiger partial charge in [-0.15, -0.1) is 22.7 Å². The molecular weight excluding hydrogens is 1350 g/mol. The zero-order valence-electron chi connectivity index (χ0n) is 57.9. The fraction of sp³-hybridized carbons (Fsp3) is 0. The monoisotopic (exact) mass is 1410 g/mol. The van der Waals surface area contributed by atoms with Crippen LogP contribution >= 0.6 is 22.7 Å². The molecule has 10 heteroatoms. The number of nitrogens with zero attached hydrogens (tertiary/aromatic N) is 8. The summed E-state index contributed by atoms with van der Waals surface area (Å²) in [5, 5.41) is 14.1. The van der Waals surface area contributed by atoms with Crippen molar-refractivity contribution in [3.63, 3.8) is 0 Å². The Labute approximate surface area is 629 Å². The van der Waals surface area contributed by atoms with Gasteiger partial charge in [0.15, 0.2) is 34.9 Å². The van der Waals surface area contributed by atoms with E-state index in [0.29, 0.717) is 34.9 Å². The Morgan fingerprint density at radius 3 is 0.944 bits per heavy atom. The van der Waals surface area contributed by atoms with E-state index in [-0.39, 0.29) is 0 Å². The first-order valence-corrected chi connectivity index (χ1v) is 37.7. The molecule has 0 fully saturated rings. The Morgan fingerprint density at radius 2 is 0.481 bits per heavy atom. The summed E-state index contributed by atoms with van der Waals surface area (Å²) in [7, 11) is 0. The molecule has 502 valence electrons. The number of fused-ring (bicyclic) bond motifs is 11. The summed E-state index contributed by atoms with van der Waals surface area (Å²) in [6.07, 6.45) is 7.75. The van der Waals surface area contributed by atoms with Crippen molar-refractivity contribution in [1.82, 2.24) is 39.9 Å². The number of thiophene rings is 2. The second-order valence-corrected chi connectivity index (χ2v) is 29.5. The molecule has 0 aliphatic heterocycles. The molecule has 0 saturated carbocycles. The van der Waals surface area contributed by atoms with E-state index in [1.165, 1.54) is 64.5 Å². The second kappa shape index (κ2) is 26.1. The number of hydrogen-bond acceptors (Lipinski definition) is 10. The summed E-state index contributed by atoms with van der Waals surface area (Å²) in [5.74, 6) is 3.54. The number of aromatic nitrogens is 8. The maximum Gasteiger partial charge on any atom is 0.166 e. The summed E-state index contributed by atoms with van der Waals surface area (Å²) in [4.78, 5) is 40.8. The molecule has 8 nitrogen and oxygen atoms in total. The molecule has 0 spiro atoms. The van der Waals surface area contributed by atoms with Crippen LogP contribution in [0, 0.1) is 0 Å². The van der Waals surface area contributed by atoms with Gasteiger partial charge in [0, 0.05) is 89.1 Å². The smallest absolute Gasteiger partial charge is 0.166 e. The van der Waals surface area contributed by atoms with Crippen molar-refractivity contribution in [3.05, 3.63) is 352 Å². The van der Waals surface area contributed by atoms with Gasteiger partial charge in [-0.1, -0.05) is 297 Å². The van der Waals surface area contributed by atoms with Crippen molar-refractivity contribution >= 4 is 106 Å². The normalized spacial score (nSPS) is 11.7. The van der Waals surface area contributed by atoms with Crippen LogP contribution in [0.5, 0.6) is 0 Å². The van der Waals surface area contributed by atoms with Gasteiger partial charge in [-0.25, -0.2) is 29.9 Å². The number of rotatable bonds is 12. The molecule has 0 aliphatic rings. The van der Waals surface area contributed by atoms with Crippen molar-refractivity contribution in [2.24, 2.45) is 0 Å². The number of benzene rings is 15. The van der Waals surface area contributed by atoms with E-state index in [1.54, 1.807) is 22.7 Å². The lowest BCUT2D eigenvalue weighted by molar-refractivity contribution is 1.07. The van der Waals surface area contributed by atoms with E-state index >= 15 is 0 Å². The lowest BCUT2D eigenvalue weighted by Gasteiger charge is -2.18. The van der Waals surface area contributed by atoms with Gasteiger partial charge in [0.05, 0.1) is 9.40 Å². The molecule has 15 aromatic carbocycles. The lowest BCUT2D eigenvalue weighted by atomic mass is 9.85. The highest BCUT2D eigenvalue weighted by atomic mass is 32.1. The van der Waals surface area contributed by atoms with Crippen molar-refractivity contribution in [2.75, 3.05) is 0 Å². The molecular formula is C98H58N8S2. The van der Waals surface area contributed by atoms with Crippen LogP contribution in [-0.4, -0.2) is 39.9 Å². The van der Waals surface area contributed by atoms with Crippen LogP contribution in [0.3, 0.4) is 0 Å². The number of hydrogen-bond donors (Lipinski definition) is 0. The molecule has 6 heterocycles. The largest absolute Gasteiger partial charge is 0.262 e. The minimum absolute atomic E-state index is 0.573. The topological polar surface area (TPSA) is 103 Å². The van der Waals surface area contributed by atoms with Crippen molar-refractivity contribution in [1.29, 1.82) is 0 Å². The molecule has 108 heavy (non-hydrogen) atoms. The van der Waals surface area contributed by atoms with Gasteiger partial charge in [-0.2, -0.15) is 0 Å². The third kappa shape index (κ3) is 11.0. The van der Waals surface area contributed by atoms with Gasteiger partial charge in [0.2, 0.25) is 0 Å². The maximum atomic E-state index is 5.28. The summed E-state index contributed by atoms with van der Waals surface area (Å²) < 4.78 is 4.48. The van der Waals surface area contributed by atoms with Gasteiger partial charge in [-0.05, 0) is 140 Å². The molecule has 0 aliphatic carbocycles. The maximum absolute atomic E-state index is 5.28. The predicted octanol–water partition coefficient (Wildman–Crippen LogP) is 26.2. The van der Waals surface area contributed by atoms with Gasteiger partial charge in [0.25, 0.3) is 0 Å². The third-order valence-corrected chi connectivity index (χ3v) is 23.2. The fourth-order valence-corrected chi connectivity index (χ4v) is 17.9. The summed E-state index contributed by atoms with van der Waals surface area (Å²) >= 11 is 3.48. The van der Waals surface area contributed by atoms with Crippen LogP contribution in [0.25, 0.3) is 219 Å². The summed E-state index contributed by atoms with van der Waals surface area (Å²) in [5.41, 5.74) is 19.1. The van der Waals surface area contributed by atoms with Gasteiger partial charge in [0.1, 0.15) is 0 Å². The SMILES string of the molecule is c1ccc(-c2ccc(-c3nc(-c4ccccc4)nc(-c4cncc5sc6ccc(-c7c8ccccc8c(-c8ccc(-c9ccc(-c%10ccc(-c%11nc(-c%12ccccc%12)nc(-c%12cncc%13sc%14ccc(-c%15ccc%16c(ccc%17ccccc%17%16)c%15)cc%14c%12%13)n%11)cc%10)cc9)cc8)c8ccccc78)cc6c45)n3)cc2)cc1. The molecule has 21 aromatic rings. The van der Waals surface area contributed by atoms with E-state index < -0.39 is 0 Å². The van der Waals surface area contributed by atoms with E-state index in [9.17, 15) is 0 Å². The Bertz CT molecular complexity index is 7070. The molecule has 0 bridgehead atoms. The van der Waals surface area contributed by atoms with Crippen LogP contribution < -0.4 is 0 Å². The zero-order chi connectivity index (χ0) is 71.2. The van der Waals surface area contributed by atoms with Crippen molar-refractivity contribution in [3.8, 4) is 135 Å². The molecule has 0 radical (unpaired) electrons. The van der Waals surface area contributed by atoms with Crippen LogP contribution in [0.1, 0.15) is 0 Å². The van der Waals surface area contributed by atoms with Gasteiger partial charge in [-0.3, -0.25) is 9.97 Å². The number of pyridine rings is 2. The van der Waals surface area contributed by atoms with Crippen molar-refractivity contribution < 1.29 is 0 Å².